The molecular weight excluding hydrogens is 300 g/mol. The number of nitrogens with one attached hydrogen (secondary N) is 2. The van der Waals surface area contributed by atoms with Crippen LogP contribution >= 0.6 is 11.6 Å². The number of carbonyl (C=O) groups excluding carboxylic acids is 2. The Morgan fingerprint density at radius 1 is 1.00 bits per heavy atom. The van der Waals surface area contributed by atoms with Crippen LogP contribution in [0.2, 0.25) is 5.02 Å². The van der Waals surface area contributed by atoms with Gasteiger partial charge in [-0.3, -0.25) is 9.59 Å². The predicted octanol–water partition coefficient (Wildman–Crippen LogP) is 3.73. The largest absolute Gasteiger partial charge is 0.352 e. The van der Waals surface area contributed by atoms with E-state index in [-0.39, 0.29) is 11.8 Å². The van der Waals surface area contributed by atoms with Gasteiger partial charge in [0.25, 0.3) is 11.8 Å². The first-order valence-corrected chi connectivity index (χ1v) is 7.43. The summed E-state index contributed by atoms with van der Waals surface area (Å²) in [6.07, 6.45) is 0.887. The van der Waals surface area contributed by atoms with E-state index >= 15 is 0 Å². The first kappa shape index (κ1) is 16.0. The molecule has 2 aromatic carbocycles. The lowest BCUT2D eigenvalue weighted by Crippen LogP contribution is -2.23. The smallest absolute Gasteiger partial charge is 0.257 e. The summed E-state index contributed by atoms with van der Waals surface area (Å²) < 4.78 is 0. The molecule has 2 aromatic rings. The molecule has 22 heavy (non-hydrogen) atoms. The second-order valence-corrected chi connectivity index (χ2v) is 5.17. The van der Waals surface area contributed by atoms with E-state index in [1.807, 2.05) is 6.92 Å². The standard InChI is InChI=1S/C17H17ClN2O2/c1-2-11-19-16(21)12-7-9-13(10-8-12)20-17(22)14-5-3-4-6-15(14)18/h3-10H,2,11H2,1H3,(H,19,21)(H,20,22). The molecule has 0 unspecified atom stereocenters. The number of amides is 2. The number of halogens is 1. The van der Waals surface area contributed by atoms with Crippen molar-refractivity contribution >= 4 is 29.1 Å². The molecule has 0 heterocycles. The Balaban J connectivity index is 2.04. The van der Waals surface area contributed by atoms with Crippen LogP contribution in [0.5, 0.6) is 0 Å². The van der Waals surface area contributed by atoms with Crippen molar-refractivity contribution in [1.82, 2.24) is 5.32 Å². The quantitative estimate of drug-likeness (QED) is 0.883. The van der Waals surface area contributed by atoms with Gasteiger partial charge in [-0.05, 0) is 42.8 Å². The molecule has 0 fully saturated rings. The van der Waals surface area contributed by atoms with Crippen molar-refractivity contribution in [3.05, 3.63) is 64.7 Å². The van der Waals surface area contributed by atoms with E-state index in [1.165, 1.54) is 0 Å². The fourth-order valence-corrected chi connectivity index (χ4v) is 2.11. The molecule has 0 saturated carbocycles. The summed E-state index contributed by atoms with van der Waals surface area (Å²) in [6.45, 7) is 2.64. The fourth-order valence-electron chi connectivity index (χ4n) is 1.89. The van der Waals surface area contributed by atoms with Gasteiger partial charge in [0, 0.05) is 17.8 Å². The van der Waals surface area contributed by atoms with E-state index < -0.39 is 0 Å². The fraction of sp³-hybridized carbons (Fsp3) is 0.176. The Kier molecular flexibility index (Phi) is 5.55. The zero-order valence-corrected chi connectivity index (χ0v) is 13.0. The summed E-state index contributed by atoms with van der Waals surface area (Å²) in [4.78, 5) is 23.9. The third-order valence-corrected chi connectivity index (χ3v) is 3.39. The number of rotatable bonds is 5. The normalized spacial score (nSPS) is 10.1. The predicted molar refractivity (Wildman–Crippen MR) is 88.5 cm³/mol. The van der Waals surface area contributed by atoms with E-state index in [0.29, 0.717) is 28.4 Å². The molecule has 114 valence electrons. The van der Waals surface area contributed by atoms with Gasteiger partial charge >= 0.3 is 0 Å². The van der Waals surface area contributed by atoms with Gasteiger partial charge in [-0.1, -0.05) is 30.7 Å². The summed E-state index contributed by atoms with van der Waals surface area (Å²) in [6, 6.07) is 13.6. The maximum Gasteiger partial charge on any atom is 0.257 e. The summed E-state index contributed by atoms with van der Waals surface area (Å²) >= 11 is 5.99. The minimum atomic E-state index is -0.284. The Hall–Kier alpha value is -2.33. The SMILES string of the molecule is CCCNC(=O)c1ccc(NC(=O)c2ccccc2Cl)cc1. The second-order valence-electron chi connectivity index (χ2n) is 4.77. The monoisotopic (exact) mass is 316 g/mol. The van der Waals surface area contributed by atoms with E-state index in [0.717, 1.165) is 6.42 Å². The molecule has 5 heteroatoms. The number of anilines is 1. The highest BCUT2D eigenvalue weighted by Crippen LogP contribution is 2.17. The van der Waals surface area contributed by atoms with E-state index in [9.17, 15) is 9.59 Å². The van der Waals surface area contributed by atoms with Crippen LogP contribution in [-0.2, 0) is 0 Å². The first-order valence-electron chi connectivity index (χ1n) is 7.06. The van der Waals surface area contributed by atoms with Gasteiger partial charge in [-0.2, -0.15) is 0 Å². The van der Waals surface area contributed by atoms with Crippen molar-refractivity contribution in [3.63, 3.8) is 0 Å². The van der Waals surface area contributed by atoms with Gasteiger partial charge in [0.2, 0.25) is 0 Å². The van der Waals surface area contributed by atoms with Crippen LogP contribution in [0.4, 0.5) is 5.69 Å². The lowest BCUT2D eigenvalue weighted by molar-refractivity contribution is 0.0953. The molecule has 0 bridgehead atoms. The van der Waals surface area contributed by atoms with E-state index in [2.05, 4.69) is 10.6 Å². The lowest BCUT2D eigenvalue weighted by atomic mass is 10.1. The Morgan fingerprint density at radius 2 is 1.68 bits per heavy atom. The van der Waals surface area contributed by atoms with E-state index in [4.69, 9.17) is 11.6 Å². The third-order valence-electron chi connectivity index (χ3n) is 3.06. The molecule has 0 aliphatic heterocycles. The van der Waals surface area contributed by atoms with Crippen LogP contribution in [0.25, 0.3) is 0 Å². The van der Waals surface area contributed by atoms with Gasteiger partial charge < -0.3 is 10.6 Å². The van der Waals surface area contributed by atoms with Crippen molar-refractivity contribution in [3.8, 4) is 0 Å². The van der Waals surface area contributed by atoms with Crippen molar-refractivity contribution < 1.29 is 9.59 Å². The Morgan fingerprint density at radius 3 is 2.32 bits per heavy atom. The lowest BCUT2D eigenvalue weighted by Gasteiger charge is -2.08. The van der Waals surface area contributed by atoms with Crippen molar-refractivity contribution in [2.45, 2.75) is 13.3 Å². The van der Waals surface area contributed by atoms with Crippen molar-refractivity contribution in [1.29, 1.82) is 0 Å². The molecular formula is C17H17ClN2O2. The zero-order chi connectivity index (χ0) is 15.9. The molecule has 2 rings (SSSR count). The molecule has 0 atom stereocenters. The second kappa shape index (κ2) is 7.61. The average molecular weight is 317 g/mol. The first-order chi connectivity index (χ1) is 10.6. The Bertz CT molecular complexity index is 669. The Labute approximate surface area is 134 Å². The molecule has 0 radical (unpaired) electrons. The van der Waals surface area contributed by atoms with Gasteiger partial charge in [0.1, 0.15) is 0 Å². The number of benzene rings is 2. The van der Waals surface area contributed by atoms with Gasteiger partial charge in [-0.25, -0.2) is 0 Å². The van der Waals surface area contributed by atoms with Crippen LogP contribution in [0.15, 0.2) is 48.5 Å². The minimum absolute atomic E-state index is 0.120. The molecule has 0 aliphatic rings. The maximum atomic E-state index is 12.1. The van der Waals surface area contributed by atoms with Gasteiger partial charge in [0.15, 0.2) is 0 Å². The third kappa shape index (κ3) is 4.09. The summed E-state index contributed by atoms with van der Waals surface area (Å²) in [5.41, 5.74) is 1.58. The maximum absolute atomic E-state index is 12.1. The highest BCUT2D eigenvalue weighted by molar-refractivity contribution is 6.34. The summed E-state index contributed by atoms with van der Waals surface area (Å²) in [7, 11) is 0. The highest BCUT2D eigenvalue weighted by Gasteiger charge is 2.10. The summed E-state index contributed by atoms with van der Waals surface area (Å²) in [5, 5.41) is 5.95. The van der Waals surface area contributed by atoms with Crippen LogP contribution in [0, 0.1) is 0 Å². The molecule has 0 spiro atoms. The van der Waals surface area contributed by atoms with Crippen LogP contribution in [-0.4, -0.2) is 18.4 Å². The number of hydrogen-bond donors (Lipinski definition) is 2. The topological polar surface area (TPSA) is 58.2 Å². The molecule has 0 aliphatic carbocycles. The molecule has 2 N–H and O–H groups in total. The number of carbonyl (C=O) groups is 2. The molecule has 0 aromatic heterocycles. The molecule has 4 nitrogen and oxygen atoms in total. The van der Waals surface area contributed by atoms with Crippen LogP contribution < -0.4 is 10.6 Å². The minimum Gasteiger partial charge on any atom is -0.352 e. The van der Waals surface area contributed by atoms with Crippen LogP contribution in [0.1, 0.15) is 34.1 Å². The average Bonchev–Trinajstić information content (AvgIpc) is 2.53. The van der Waals surface area contributed by atoms with E-state index in [1.54, 1.807) is 48.5 Å². The number of hydrogen-bond acceptors (Lipinski definition) is 2. The highest BCUT2D eigenvalue weighted by atomic mass is 35.5. The van der Waals surface area contributed by atoms with Crippen molar-refractivity contribution in [2.75, 3.05) is 11.9 Å². The summed E-state index contributed by atoms with van der Waals surface area (Å²) in [5.74, 6) is -0.403. The molecule has 0 saturated heterocycles. The zero-order valence-electron chi connectivity index (χ0n) is 12.2. The van der Waals surface area contributed by atoms with Crippen molar-refractivity contribution in [2.24, 2.45) is 0 Å². The molecule has 2 amide bonds. The van der Waals surface area contributed by atoms with Crippen LogP contribution in [0.3, 0.4) is 0 Å². The van der Waals surface area contributed by atoms with Gasteiger partial charge in [-0.15, -0.1) is 0 Å². The van der Waals surface area contributed by atoms with Gasteiger partial charge in [0.05, 0.1) is 10.6 Å².